The van der Waals surface area contributed by atoms with Gasteiger partial charge in [-0.3, -0.25) is 24.5 Å². The standard InChI is InChI=1S/C14H16N2O6/c1-8(17)12(14(19)22-3)13(15-9(2)18)10-5-4-6-11(7-10)16(20)21/h4-7,12-13H,1-3H3,(H,15,18). The van der Waals surface area contributed by atoms with Crippen molar-refractivity contribution in [1.82, 2.24) is 5.32 Å². The SMILES string of the molecule is COC(=O)C(C(C)=O)C(NC(C)=O)c1cccc([N+](=O)[O-])c1. The Bertz CT molecular complexity index is 613. The number of Topliss-reactive ketones (excluding diaryl/α,β-unsaturated/α-hetero) is 1. The van der Waals surface area contributed by atoms with Crippen LogP contribution in [0, 0.1) is 16.0 Å². The molecule has 1 aromatic carbocycles. The molecule has 0 saturated carbocycles. The maximum atomic E-state index is 11.8. The minimum absolute atomic E-state index is 0.208. The molecular formula is C14H16N2O6. The second kappa shape index (κ2) is 7.30. The van der Waals surface area contributed by atoms with Crippen molar-refractivity contribution in [2.45, 2.75) is 19.9 Å². The molecule has 1 amide bonds. The van der Waals surface area contributed by atoms with Crippen LogP contribution in [0.3, 0.4) is 0 Å². The molecule has 1 rings (SSSR count). The van der Waals surface area contributed by atoms with Gasteiger partial charge in [-0.1, -0.05) is 12.1 Å². The first-order chi connectivity index (χ1) is 10.3. The van der Waals surface area contributed by atoms with Gasteiger partial charge in [-0.25, -0.2) is 0 Å². The normalized spacial score (nSPS) is 12.9. The summed E-state index contributed by atoms with van der Waals surface area (Å²) in [5, 5.41) is 13.3. The highest BCUT2D eigenvalue weighted by Gasteiger charge is 2.35. The molecule has 0 spiro atoms. The number of ether oxygens (including phenoxy) is 1. The van der Waals surface area contributed by atoms with E-state index in [2.05, 4.69) is 10.1 Å². The predicted octanol–water partition coefficient (Wildman–Crippen LogP) is 1.15. The molecule has 1 N–H and O–H groups in total. The molecule has 0 saturated heterocycles. The van der Waals surface area contributed by atoms with Crippen LogP contribution in [-0.4, -0.2) is 29.7 Å². The van der Waals surface area contributed by atoms with Crippen LogP contribution in [0.15, 0.2) is 24.3 Å². The van der Waals surface area contributed by atoms with Crippen LogP contribution in [0.1, 0.15) is 25.5 Å². The third-order valence-electron chi connectivity index (χ3n) is 3.03. The van der Waals surface area contributed by atoms with Gasteiger partial charge in [0.25, 0.3) is 5.69 Å². The van der Waals surface area contributed by atoms with Crippen LogP contribution in [-0.2, 0) is 19.1 Å². The van der Waals surface area contributed by atoms with Crippen molar-refractivity contribution >= 4 is 23.3 Å². The summed E-state index contributed by atoms with van der Waals surface area (Å²) in [6.07, 6.45) is 0. The van der Waals surface area contributed by atoms with Gasteiger partial charge in [0.1, 0.15) is 11.7 Å². The predicted molar refractivity (Wildman–Crippen MR) is 75.8 cm³/mol. The quantitative estimate of drug-likeness (QED) is 0.365. The Morgan fingerprint density at radius 3 is 2.36 bits per heavy atom. The highest BCUT2D eigenvalue weighted by molar-refractivity contribution is 5.99. The van der Waals surface area contributed by atoms with Crippen molar-refractivity contribution in [3.05, 3.63) is 39.9 Å². The Morgan fingerprint density at radius 2 is 1.91 bits per heavy atom. The number of carbonyl (C=O) groups is 3. The summed E-state index contributed by atoms with van der Waals surface area (Å²) in [5.41, 5.74) is 0.0648. The Balaban J connectivity index is 3.35. The van der Waals surface area contributed by atoms with Crippen molar-refractivity contribution in [3.63, 3.8) is 0 Å². The van der Waals surface area contributed by atoms with Gasteiger partial charge in [0.15, 0.2) is 0 Å². The maximum Gasteiger partial charge on any atom is 0.318 e. The van der Waals surface area contributed by atoms with Crippen molar-refractivity contribution in [2.75, 3.05) is 7.11 Å². The topological polar surface area (TPSA) is 116 Å². The van der Waals surface area contributed by atoms with Crippen molar-refractivity contribution in [2.24, 2.45) is 5.92 Å². The van der Waals surface area contributed by atoms with E-state index in [1.807, 2.05) is 0 Å². The highest BCUT2D eigenvalue weighted by atomic mass is 16.6. The number of nitro benzene ring substituents is 1. The molecule has 0 bridgehead atoms. The van der Waals surface area contributed by atoms with E-state index in [1.54, 1.807) is 0 Å². The van der Waals surface area contributed by atoms with E-state index >= 15 is 0 Å². The molecule has 0 aliphatic carbocycles. The summed E-state index contributed by atoms with van der Waals surface area (Å²) in [7, 11) is 1.12. The third kappa shape index (κ3) is 4.11. The number of nitrogens with zero attached hydrogens (tertiary/aromatic N) is 1. The van der Waals surface area contributed by atoms with Gasteiger partial charge in [0.05, 0.1) is 18.1 Å². The molecule has 0 aromatic heterocycles. The van der Waals surface area contributed by atoms with Gasteiger partial charge < -0.3 is 10.1 Å². The summed E-state index contributed by atoms with van der Waals surface area (Å²) < 4.78 is 4.59. The van der Waals surface area contributed by atoms with E-state index in [-0.39, 0.29) is 11.3 Å². The summed E-state index contributed by atoms with van der Waals surface area (Å²) >= 11 is 0. The lowest BCUT2D eigenvalue weighted by Gasteiger charge is -2.24. The van der Waals surface area contributed by atoms with Gasteiger partial charge in [0.2, 0.25) is 5.91 Å². The Kier molecular flexibility index (Phi) is 5.73. The molecule has 1 aromatic rings. The monoisotopic (exact) mass is 308 g/mol. The van der Waals surface area contributed by atoms with Crippen molar-refractivity contribution in [3.8, 4) is 0 Å². The van der Waals surface area contributed by atoms with E-state index in [0.29, 0.717) is 0 Å². The average Bonchev–Trinajstić information content (AvgIpc) is 2.45. The molecule has 2 atom stereocenters. The molecule has 2 unspecified atom stereocenters. The molecule has 22 heavy (non-hydrogen) atoms. The molecule has 8 heteroatoms. The number of esters is 1. The zero-order chi connectivity index (χ0) is 16.9. The van der Waals surface area contributed by atoms with Gasteiger partial charge in [0, 0.05) is 19.1 Å². The first kappa shape index (κ1) is 17.3. The molecule has 0 heterocycles. The smallest absolute Gasteiger partial charge is 0.318 e. The molecule has 0 aliphatic heterocycles. The lowest BCUT2D eigenvalue weighted by Crippen LogP contribution is -2.39. The molecular weight excluding hydrogens is 292 g/mol. The minimum atomic E-state index is -1.28. The van der Waals surface area contributed by atoms with Crippen LogP contribution in [0.4, 0.5) is 5.69 Å². The minimum Gasteiger partial charge on any atom is -0.468 e. The number of non-ortho nitro benzene ring substituents is 1. The number of methoxy groups -OCH3 is 1. The lowest BCUT2D eigenvalue weighted by molar-refractivity contribution is -0.384. The number of nitro groups is 1. The number of hydrogen-bond acceptors (Lipinski definition) is 6. The molecule has 0 aliphatic rings. The van der Waals surface area contributed by atoms with E-state index < -0.39 is 34.5 Å². The first-order valence-corrected chi connectivity index (χ1v) is 6.37. The van der Waals surface area contributed by atoms with Crippen LogP contribution in [0.25, 0.3) is 0 Å². The number of nitrogens with one attached hydrogen (secondary N) is 1. The lowest BCUT2D eigenvalue weighted by atomic mass is 9.89. The number of carbonyl (C=O) groups excluding carboxylic acids is 3. The van der Waals surface area contributed by atoms with Gasteiger partial charge in [-0.05, 0) is 12.5 Å². The molecule has 118 valence electrons. The van der Waals surface area contributed by atoms with Crippen LogP contribution in [0.2, 0.25) is 0 Å². The Morgan fingerprint density at radius 1 is 1.27 bits per heavy atom. The van der Waals surface area contributed by atoms with Crippen LogP contribution in [0.5, 0.6) is 0 Å². The fourth-order valence-electron chi connectivity index (χ4n) is 2.07. The van der Waals surface area contributed by atoms with Gasteiger partial charge in [-0.2, -0.15) is 0 Å². The molecule has 0 radical (unpaired) electrons. The fourth-order valence-corrected chi connectivity index (χ4v) is 2.07. The average molecular weight is 308 g/mol. The summed E-state index contributed by atoms with van der Waals surface area (Å²) in [5.74, 6) is -3.10. The Hall–Kier alpha value is -2.77. The van der Waals surface area contributed by atoms with Crippen LogP contribution < -0.4 is 5.32 Å². The highest BCUT2D eigenvalue weighted by Crippen LogP contribution is 2.27. The summed E-state index contributed by atoms with van der Waals surface area (Å²) in [6, 6.07) is 4.35. The second-order valence-electron chi connectivity index (χ2n) is 4.64. The van der Waals surface area contributed by atoms with Crippen molar-refractivity contribution in [1.29, 1.82) is 0 Å². The van der Waals surface area contributed by atoms with E-state index in [4.69, 9.17) is 0 Å². The molecule has 8 nitrogen and oxygen atoms in total. The van der Waals surface area contributed by atoms with E-state index in [9.17, 15) is 24.5 Å². The van der Waals surface area contributed by atoms with Crippen LogP contribution >= 0.6 is 0 Å². The number of benzene rings is 1. The maximum absolute atomic E-state index is 11.8. The van der Waals surface area contributed by atoms with Gasteiger partial charge >= 0.3 is 5.97 Å². The third-order valence-corrected chi connectivity index (χ3v) is 3.03. The van der Waals surface area contributed by atoms with E-state index in [0.717, 1.165) is 7.11 Å². The number of ketones is 1. The number of rotatable bonds is 6. The van der Waals surface area contributed by atoms with Crippen molar-refractivity contribution < 1.29 is 24.0 Å². The first-order valence-electron chi connectivity index (χ1n) is 6.37. The fraction of sp³-hybridized carbons (Fsp3) is 0.357. The number of amides is 1. The number of hydrogen-bond donors (Lipinski definition) is 1. The zero-order valence-electron chi connectivity index (χ0n) is 12.4. The summed E-state index contributed by atoms with van der Waals surface area (Å²) in [4.78, 5) is 45.2. The zero-order valence-corrected chi connectivity index (χ0v) is 12.4. The largest absolute Gasteiger partial charge is 0.468 e. The van der Waals surface area contributed by atoms with E-state index in [1.165, 1.54) is 38.1 Å². The van der Waals surface area contributed by atoms with Gasteiger partial charge in [-0.15, -0.1) is 0 Å². The molecule has 0 fully saturated rings. The Labute approximate surface area is 126 Å². The summed E-state index contributed by atoms with van der Waals surface area (Å²) in [6.45, 7) is 2.41. The second-order valence-corrected chi connectivity index (χ2v) is 4.64.